The van der Waals surface area contributed by atoms with Crippen molar-refractivity contribution in [2.24, 2.45) is 0 Å². The van der Waals surface area contributed by atoms with Crippen LogP contribution in [-0.4, -0.2) is 8.48 Å². The van der Waals surface area contributed by atoms with Gasteiger partial charge in [0.2, 0.25) is 5.24 Å². The van der Waals surface area contributed by atoms with E-state index in [0.29, 0.717) is 0 Å². The van der Waals surface area contributed by atoms with Crippen LogP contribution in [0.5, 0.6) is 0 Å². The number of carbonyl (C=O) groups excluding carboxylic acids is 1. The molecule has 1 nitrogen and oxygen atoms in total. The van der Waals surface area contributed by atoms with E-state index in [9.17, 15) is 4.79 Å². The van der Waals surface area contributed by atoms with Gasteiger partial charge in [0.25, 0.3) is 0 Å². The Morgan fingerprint density at radius 2 is 1.92 bits per heavy atom. The number of rotatable bonds is 6. The van der Waals surface area contributed by atoms with Gasteiger partial charge in [-0.2, -0.15) is 0 Å². The van der Waals surface area contributed by atoms with Gasteiger partial charge in [-0.3, -0.25) is 4.79 Å². The molecular weight excluding hydrogens is 307 g/mol. The highest BCUT2D eigenvalue weighted by molar-refractivity contribution is 9.26. The van der Waals surface area contributed by atoms with Crippen molar-refractivity contribution < 1.29 is 4.79 Å². The summed E-state index contributed by atoms with van der Waals surface area (Å²) in [5, 5.41) is -0.376. The van der Waals surface area contributed by atoms with Gasteiger partial charge in [0.15, 0.2) is 3.23 Å². The average molecular weight is 320 g/mol. The van der Waals surface area contributed by atoms with Gasteiger partial charge < -0.3 is 0 Å². The fourth-order valence-electron chi connectivity index (χ4n) is 0.872. The van der Waals surface area contributed by atoms with Crippen LogP contribution >= 0.6 is 43.5 Å². The summed E-state index contributed by atoms with van der Waals surface area (Å²) in [4.78, 5) is 10.8. The summed E-state index contributed by atoms with van der Waals surface area (Å²) in [5.74, 6) is 0. The van der Waals surface area contributed by atoms with Crippen molar-refractivity contribution in [2.75, 3.05) is 0 Å². The molecule has 0 aromatic heterocycles. The number of unbranched alkanes of at least 4 members (excludes halogenated alkanes) is 3. The zero-order valence-corrected chi connectivity index (χ0v) is 11.0. The Morgan fingerprint density at radius 3 is 2.33 bits per heavy atom. The highest BCUT2D eigenvalue weighted by Gasteiger charge is 2.29. The van der Waals surface area contributed by atoms with Crippen molar-refractivity contribution in [1.82, 2.24) is 0 Å². The second kappa shape index (κ2) is 6.39. The summed E-state index contributed by atoms with van der Waals surface area (Å²) in [6.45, 7) is 2.15. The van der Waals surface area contributed by atoms with Crippen LogP contribution in [0.15, 0.2) is 0 Å². The van der Waals surface area contributed by atoms with Gasteiger partial charge in [0.1, 0.15) is 0 Å². The fourth-order valence-corrected chi connectivity index (χ4v) is 1.53. The molecule has 12 heavy (non-hydrogen) atoms. The van der Waals surface area contributed by atoms with E-state index >= 15 is 0 Å². The predicted octanol–water partition coefficient (Wildman–Crippen LogP) is 4.21. The molecule has 0 saturated carbocycles. The van der Waals surface area contributed by atoms with Crippen LogP contribution in [0, 0.1) is 0 Å². The third-order valence-corrected chi connectivity index (χ3v) is 3.92. The number of alkyl halides is 2. The minimum absolute atomic E-state index is 0.376. The summed E-state index contributed by atoms with van der Waals surface area (Å²) in [6.07, 6.45) is 5.33. The summed E-state index contributed by atoms with van der Waals surface area (Å²) in [7, 11) is 0. The molecule has 0 aliphatic carbocycles. The third-order valence-electron chi connectivity index (χ3n) is 1.63. The van der Waals surface area contributed by atoms with Gasteiger partial charge in [0.05, 0.1) is 0 Å². The van der Waals surface area contributed by atoms with Gasteiger partial charge in [-0.15, -0.1) is 0 Å². The van der Waals surface area contributed by atoms with Crippen LogP contribution in [0.2, 0.25) is 0 Å². The van der Waals surface area contributed by atoms with E-state index in [1.54, 1.807) is 0 Å². The van der Waals surface area contributed by atoms with Crippen molar-refractivity contribution in [2.45, 2.75) is 42.3 Å². The van der Waals surface area contributed by atoms with Crippen molar-refractivity contribution in [3.05, 3.63) is 0 Å². The molecule has 0 N–H and O–H groups in total. The predicted molar refractivity (Wildman–Crippen MR) is 60.2 cm³/mol. The summed E-state index contributed by atoms with van der Waals surface area (Å²) >= 11 is 11.8. The quantitative estimate of drug-likeness (QED) is 0.407. The Balaban J connectivity index is 3.54. The normalized spacial score (nSPS) is 11.7. The van der Waals surface area contributed by atoms with E-state index in [0.717, 1.165) is 19.3 Å². The van der Waals surface area contributed by atoms with E-state index in [2.05, 4.69) is 38.8 Å². The van der Waals surface area contributed by atoms with Gasteiger partial charge >= 0.3 is 0 Å². The van der Waals surface area contributed by atoms with Gasteiger partial charge in [-0.05, 0) is 18.0 Å². The molecule has 0 heterocycles. The molecule has 4 heteroatoms. The molecule has 0 unspecified atom stereocenters. The van der Waals surface area contributed by atoms with Crippen molar-refractivity contribution in [3.63, 3.8) is 0 Å². The minimum Gasteiger partial charge on any atom is -0.279 e. The Labute approximate surface area is 95.5 Å². The monoisotopic (exact) mass is 318 g/mol. The van der Waals surface area contributed by atoms with Crippen molar-refractivity contribution in [3.8, 4) is 0 Å². The summed E-state index contributed by atoms with van der Waals surface area (Å²) < 4.78 is -0.699. The van der Waals surface area contributed by atoms with E-state index in [-0.39, 0.29) is 5.24 Å². The molecule has 0 radical (unpaired) electrons. The fraction of sp³-hybridized carbons (Fsp3) is 0.875. The maximum atomic E-state index is 10.8. The molecule has 72 valence electrons. The van der Waals surface area contributed by atoms with Gasteiger partial charge in [-0.1, -0.05) is 64.5 Å². The standard InChI is InChI=1S/C8H13Br2ClO/c1-2-3-4-5-6-8(9,10)7(11)12/h2-6H2,1H3. The smallest absolute Gasteiger partial charge is 0.249 e. The molecule has 0 aliphatic heterocycles. The lowest BCUT2D eigenvalue weighted by Crippen LogP contribution is -2.19. The van der Waals surface area contributed by atoms with E-state index < -0.39 is 3.23 Å². The topological polar surface area (TPSA) is 17.1 Å². The molecule has 0 saturated heterocycles. The summed E-state index contributed by atoms with van der Waals surface area (Å²) in [5.41, 5.74) is 0. The van der Waals surface area contributed by atoms with Crippen molar-refractivity contribution >= 4 is 48.7 Å². The Bertz CT molecular complexity index is 148. The van der Waals surface area contributed by atoms with Crippen LogP contribution in [0.1, 0.15) is 39.0 Å². The van der Waals surface area contributed by atoms with Crippen LogP contribution in [0.25, 0.3) is 0 Å². The molecule has 0 atom stereocenters. The van der Waals surface area contributed by atoms with Crippen LogP contribution in [-0.2, 0) is 4.79 Å². The highest BCUT2D eigenvalue weighted by atomic mass is 79.9. The minimum atomic E-state index is -0.699. The zero-order valence-electron chi connectivity index (χ0n) is 7.08. The SMILES string of the molecule is CCCCCCC(Br)(Br)C(=O)Cl. The molecule has 0 rings (SSSR count). The largest absolute Gasteiger partial charge is 0.279 e. The number of carbonyl (C=O) groups is 1. The first kappa shape index (κ1) is 12.9. The molecule has 0 amide bonds. The second-order valence-electron chi connectivity index (χ2n) is 2.79. The Hall–Kier alpha value is 0.920. The second-order valence-corrected chi connectivity index (χ2v) is 6.90. The van der Waals surface area contributed by atoms with Gasteiger partial charge in [-0.25, -0.2) is 0 Å². The lowest BCUT2D eigenvalue weighted by Gasteiger charge is -2.14. The third kappa shape index (κ3) is 5.55. The molecule has 0 aliphatic rings. The molecule has 0 aromatic rings. The van der Waals surface area contributed by atoms with Crippen LogP contribution in [0.4, 0.5) is 0 Å². The van der Waals surface area contributed by atoms with Crippen LogP contribution < -0.4 is 0 Å². The Morgan fingerprint density at radius 1 is 1.33 bits per heavy atom. The van der Waals surface area contributed by atoms with Gasteiger partial charge in [0, 0.05) is 0 Å². The van der Waals surface area contributed by atoms with Crippen molar-refractivity contribution in [1.29, 1.82) is 0 Å². The first-order valence-corrected chi connectivity index (χ1v) is 6.05. The zero-order chi connectivity index (χ0) is 9.61. The highest BCUT2D eigenvalue weighted by Crippen LogP contribution is 2.34. The van der Waals surface area contributed by atoms with E-state index in [1.807, 2.05) is 0 Å². The molecule has 0 aromatic carbocycles. The first-order chi connectivity index (χ1) is 5.50. The lowest BCUT2D eigenvalue weighted by atomic mass is 10.1. The molecule has 0 bridgehead atoms. The lowest BCUT2D eigenvalue weighted by molar-refractivity contribution is -0.111. The summed E-state index contributed by atoms with van der Waals surface area (Å²) in [6, 6.07) is 0. The van der Waals surface area contributed by atoms with Crippen LogP contribution in [0.3, 0.4) is 0 Å². The molecule has 0 spiro atoms. The number of hydrogen-bond donors (Lipinski definition) is 0. The Kier molecular flexibility index (Phi) is 6.87. The number of halogens is 3. The molecular formula is C8H13Br2ClO. The van der Waals surface area contributed by atoms with E-state index in [1.165, 1.54) is 12.8 Å². The first-order valence-electron chi connectivity index (χ1n) is 4.08. The maximum absolute atomic E-state index is 10.8. The molecule has 0 fully saturated rings. The number of hydrogen-bond acceptors (Lipinski definition) is 1. The van der Waals surface area contributed by atoms with E-state index in [4.69, 9.17) is 11.6 Å². The average Bonchev–Trinajstić information content (AvgIpc) is 1.98. The maximum Gasteiger partial charge on any atom is 0.249 e.